The van der Waals surface area contributed by atoms with Crippen molar-refractivity contribution in [3.05, 3.63) is 0 Å². The summed E-state index contributed by atoms with van der Waals surface area (Å²) in [6.45, 7) is 2.99. The molecule has 0 heterocycles. The highest BCUT2D eigenvalue weighted by Gasteiger charge is 2.63. The third-order valence-electron chi connectivity index (χ3n) is 2.37. The van der Waals surface area contributed by atoms with Gasteiger partial charge in [0.1, 0.15) is 0 Å². The fourth-order valence-electron chi connectivity index (χ4n) is 1.43. The van der Waals surface area contributed by atoms with Crippen LogP contribution in [0.1, 0.15) is 26.2 Å². The molecule has 0 radical (unpaired) electrons. The SMILES string of the molecule is CCOC1CC12CC2. The third-order valence-corrected chi connectivity index (χ3v) is 2.37. The van der Waals surface area contributed by atoms with E-state index in [0.717, 1.165) is 12.0 Å². The Balaban J connectivity index is 1.80. The molecule has 2 fully saturated rings. The largest absolute Gasteiger partial charge is 0.378 e. The van der Waals surface area contributed by atoms with Crippen LogP contribution >= 0.6 is 0 Å². The molecule has 0 aliphatic heterocycles. The van der Waals surface area contributed by atoms with Crippen LogP contribution < -0.4 is 0 Å². The van der Waals surface area contributed by atoms with Gasteiger partial charge in [0, 0.05) is 6.61 Å². The molecule has 0 amide bonds. The topological polar surface area (TPSA) is 9.23 Å². The third kappa shape index (κ3) is 0.510. The smallest absolute Gasteiger partial charge is 0.0638 e. The molecule has 1 atom stereocenters. The van der Waals surface area contributed by atoms with E-state index in [9.17, 15) is 0 Å². The second kappa shape index (κ2) is 1.27. The molecule has 2 saturated carbocycles. The summed E-state index contributed by atoms with van der Waals surface area (Å²) in [7, 11) is 0. The number of rotatable bonds is 2. The average Bonchev–Trinajstić information content (AvgIpc) is 2.57. The highest BCUT2D eigenvalue weighted by Crippen LogP contribution is 2.67. The van der Waals surface area contributed by atoms with Gasteiger partial charge in [-0.1, -0.05) is 0 Å². The van der Waals surface area contributed by atoms with Gasteiger partial charge >= 0.3 is 0 Å². The van der Waals surface area contributed by atoms with Crippen molar-refractivity contribution in [2.75, 3.05) is 6.61 Å². The molecular weight excluding hydrogens is 100 g/mol. The number of hydrogen-bond acceptors (Lipinski definition) is 1. The van der Waals surface area contributed by atoms with Crippen molar-refractivity contribution in [1.82, 2.24) is 0 Å². The maximum Gasteiger partial charge on any atom is 0.0638 e. The number of ether oxygens (including phenoxy) is 1. The van der Waals surface area contributed by atoms with Crippen molar-refractivity contribution in [3.8, 4) is 0 Å². The number of hydrogen-bond donors (Lipinski definition) is 0. The maximum atomic E-state index is 5.43. The lowest BCUT2D eigenvalue weighted by molar-refractivity contribution is 0.118. The van der Waals surface area contributed by atoms with Crippen molar-refractivity contribution in [3.63, 3.8) is 0 Å². The first-order chi connectivity index (χ1) is 3.87. The Labute approximate surface area is 50.0 Å². The molecule has 0 aromatic heterocycles. The molecule has 1 unspecified atom stereocenters. The molecule has 46 valence electrons. The van der Waals surface area contributed by atoms with Gasteiger partial charge in [-0.25, -0.2) is 0 Å². The lowest BCUT2D eigenvalue weighted by Gasteiger charge is -1.93. The molecule has 0 bridgehead atoms. The second-order valence-corrected chi connectivity index (χ2v) is 3.01. The summed E-state index contributed by atoms with van der Waals surface area (Å²) in [5.74, 6) is 0. The molecule has 1 nitrogen and oxygen atoms in total. The summed E-state index contributed by atoms with van der Waals surface area (Å²) in [6, 6.07) is 0. The van der Waals surface area contributed by atoms with Gasteiger partial charge in [0.25, 0.3) is 0 Å². The van der Waals surface area contributed by atoms with Gasteiger partial charge in [-0.15, -0.1) is 0 Å². The summed E-state index contributed by atoms with van der Waals surface area (Å²) < 4.78 is 5.43. The van der Waals surface area contributed by atoms with Crippen molar-refractivity contribution < 1.29 is 4.74 Å². The molecule has 2 aliphatic rings. The van der Waals surface area contributed by atoms with Gasteiger partial charge in [0.2, 0.25) is 0 Å². The van der Waals surface area contributed by atoms with Crippen LogP contribution in [0.15, 0.2) is 0 Å². The zero-order valence-corrected chi connectivity index (χ0v) is 5.31. The molecule has 1 spiro atoms. The van der Waals surface area contributed by atoms with Crippen molar-refractivity contribution in [2.45, 2.75) is 32.3 Å². The normalized spacial score (nSPS) is 37.9. The lowest BCUT2D eigenvalue weighted by atomic mass is 10.4. The van der Waals surface area contributed by atoms with E-state index >= 15 is 0 Å². The summed E-state index contributed by atoms with van der Waals surface area (Å²) in [4.78, 5) is 0. The first kappa shape index (κ1) is 4.80. The predicted octanol–water partition coefficient (Wildman–Crippen LogP) is 1.58. The second-order valence-electron chi connectivity index (χ2n) is 3.01. The van der Waals surface area contributed by atoms with E-state index in [2.05, 4.69) is 6.92 Å². The Morgan fingerprint density at radius 2 is 2.38 bits per heavy atom. The average molecular weight is 112 g/mol. The molecule has 8 heavy (non-hydrogen) atoms. The van der Waals surface area contributed by atoms with E-state index < -0.39 is 0 Å². The van der Waals surface area contributed by atoms with Crippen LogP contribution in [-0.2, 0) is 4.74 Å². The molecule has 0 N–H and O–H groups in total. The first-order valence-electron chi connectivity index (χ1n) is 3.49. The van der Waals surface area contributed by atoms with Crippen molar-refractivity contribution in [1.29, 1.82) is 0 Å². The predicted molar refractivity (Wildman–Crippen MR) is 31.7 cm³/mol. The quantitative estimate of drug-likeness (QED) is 0.527. The van der Waals surface area contributed by atoms with Crippen LogP contribution in [0.4, 0.5) is 0 Å². The van der Waals surface area contributed by atoms with Crippen LogP contribution in [0.3, 0.4) is 0 Å². The maximum absolute atomic E-state index is 5.43. The molecule has 0 saturated heterocycles. The Hall–Kier alpha value is -0.0400. The summed E-state index contributed by atoms with van der Waals surface area (Å²) in [5, 5.41) is 0. The van der Waals surface area contributed by atoms with Crippen LogP contribution in [-0.4, -0.2) is 12.7 Å². The van der Waals surface area contributed by atoms with Gasteiger partial charge in [-0.05, 0) is 31.6 Å². The van der Waals surface area contributed by atoms with Gasteiger partial charge in [0.15, 0.2) is 0 Å². The fraction of sp³-hybridized carbons (Fsp3) is 1.00. The molecule has 0 aromatic carbocycles. The monoisotopic (exact) mass is 112 g/mol. The van der Waals surface area contributed by atoms with Gasteiger partial charge in [0.05, 0.1) is 6.10 Å². The van der Waals surface area contributed by atoms with Crippen LogP contribution in [0, 0.1) is 5.41 Å². The Morgan fingerprint density at radius 1 is 1.62 bits per heavy atom. The van der Waals surface area contributed by atoms with E-state index in [4.69, 9.17) is 4.74 Å². The molecule has 0 aromatic rings. The molecule has 2 rings (SSSR count). The van der Waals surface area contributed by atoms with E-state index in [1.165, 1.54) is 19.3 Å². The zero-order valence-electron chi connectivity index (χ0n) is 5.31. The van der Waals surface area contributed by atoms with Gasteiger partial charge in [-0.3, -0.25) is 0 Å². The Kier molecular flexibility index (Phi) is 0.762. The van der Waals surface area contributed by atoms with Crippen LogP contribution in [0.5, 0.6) is 0 Å². The zero-order chi connectivity index (χ0) is 5.61. The van der Waals surface area contributed by atoms with Gasteiger partial charge in [-0.2, -0.15) is 0 Å². The van der Waals surface area contributed by atoms with Crippen LogP contribution in [0.2, 0.25) is 0 Å². The summed E-state index contributed by atoms with van der Waals surface area (Å²) in [5.41, 5.74) is 0.746. The van der Waals surface area contributed by atoms with E-state index in [-0.39, 0.29) is 0 Å². The van der Waals surface area contributed by atoms with Crippen LogP contribution in [0.25, 0.3) is 0 Å². The highest BCUT2D eigenvalue weighted by molar-refractivity contribution is 5.14. The standard InChI is InChI=1S/C7H12O/c1-2-8-6-5-7(6)3-4-7/h6H,2-5H2,1H3. The van der Waals surface area contributed by atoms with E-state index in [1.807, 2.05) is 0 Å². The Morgan fingerprint density at radius 3 is 2.75 bits per heavy atom. The Bertz CT molecular complexity index is 105. The van der Waals surface area contributed by atoms with Crippen molar-refractivity contribution >= 4 is 0 Å². The minimum Gasteiger partial charge on any atom is -0.378 e. The van der Waals surface area contributed by atoms with Gasteiger partial charge < -0.3 is 4.74 Å². The first-order valence-corrected chi connectivity index (χ1v) is 3.49. The lowest BCUT2D eigenvalue weighted by Crippen LogP contribution is -1.94. The minimum atomic E-state index is 0.674. The molecule has 2 aliphatic carbocycles. The molecule has 1 heteroatoms. The van der Waals surface area contributed by atoms with Crippen molar-refractivity contribution in [2.24, 2.45) is 5.41 Å². The summed E-state index contributed by atoms with van der Waals surface area (Å²) >= 11 is 0. The minimum absolute atomic E-state index is 0.674. The molecular formula is C7H12O. The van der Waals surface area contributed by atoms with E-state index in [0.29, 0.717) is 6.10 Å². The fourth-order valence-corrected chi connectivity index (χ4v) is 1.43. The van der Waals surface area contributed by atoms with E-state index in [1.54, 1.807) is 0 Å². The summed E-state index contributed by atoms with van der Waals surface area (Å²) in [6.07, 6.45) is 4.92. The highest BCUT2D eigenvalue weighted by atomic mass is 16.5.